The SMILES string of the molecule is CN(C)C(=N)OC(=N)N(C)C.CN(C)C(=N)OC(=N)N(C)C.CN(C)C(N)=O.CN(C)C(N)=O.[Pt+2].c1ccc([B-](c2ccccc2)(c2ccccc2)c2ccccc2)cc1.c1ccc([B-](c2ccccc2)(c2ccccc2)c2ccccc2)cc1. The van der Waals surface area contributed by atoms with Crippen LogP contribution in [0.15, 0.2) is 243 Å². The number of nitrogens with one attached hydrogen (secondary N) is 4. The van der Waals surface area contributed by atoms with Crippen molar-refractivity contribution in [3.63, 3.8) is 0 Å². The maximum Gasteiger partial charge on any atom is 2.00 e. The summed E-state index contributed by atoms with van der Waals surface area (Å²) in [5, 5.41) is 28.8. The van der Waals surface area contributed by atoms with Crippen molar-refractivity contribution in [2.75, 3.05) is 84.6 Å². The van der Waals surface area contributed by atoms with Crippen molar-refractivity contribution in [1.82, 2.24) is 29.4 Å². The number of hydrogen-bond acceptors (Lipinski definition) is 8. The molecule has 8 rings (SSSR count). The Kier molecular flexibility index (Phi) is 31.2. The van der Waals surface area contributed by atoms with Gasteiger partial charge in [0, 0.05) is 84.6 Å². The summed E-state index contributed by atoms with van der Waals surface area (Å²) in [6.45, 7) is 0. The molecule has 0 aromatic heterocycles. The van der Waals surface area contributed by atoms with Crippen LogP contribution in [-0.4, -0.2) is 162 Å². The van der Waals surface area contributed by atoms with E-state index in [1.807, 2.05) is 0 Å². The molecule has 0 fully saturated rings. The first-order chi connectivity index (χ1) is 40.0. The molecule has 0 saturated carbocycles. The third kappa shape index (κ3) is 21.7. The average Bonchev–Trinajstić information content (AvgIpc) is 1.80. The van der Waals surface area contributed by atoms with Crippen molar-refractivity contribution in [2.24, 2.45) is 11.5 Å². The molecule has 0 saturated heterocycles. The first kappa shape index (κ1) is 71.7. The Morgan fingerprint density at radius 2 is 0.376 bits per heavy atom. The van der Waals surface area contributed by atoms with Crippen molar-refractivity contribution in [1.29, 1.82) is 21.6 Å². The molecule has 85 heavy (non-hydrogen) atoms. The fourth-order valence-corrected chi connectivity index (χ4v) is 8.79. The molecule has 0 bridgehead atoms. The molecule has 4 amide bonds. The Balaban J connectivity index is 0.000000381. The Bertz CT molecular complexity index is 2630. The van der Waals surface area contributed by atoms with Crippen LogP contribution in [0, 0.1) is 21.6 Å². The van der Waals surface area contributed by atoms with Gasteiger partial charge in [-0.2, -0.15) is 43.7 Å². The van der Waals surface area contributed by atoms with Crippen LogP contribution in [0.4, 0.5) is 9.59 Å². The molecule has 448 valence electrons. The second-order valence-electron chi connectivity index (χ2n) is 20.5. The molecule has 0 atom stereocenters. The molecular formula is C66H84B2N12O4Pt. The molecule has 8 N–H and O–H groups in total. The summed E-state index contributed by atoms with van der Waals surface area (Å²) in [7, 11) is 19.9. The van der Waals surface area contributed by atoms with Crippen LogP contribution in [0.2, 0.25) is 0 Å². The number of rotatable bonds is 8. The van der Waals surface area contributed by atoms with Crippen molar-refractivity contribution >= 4 is 92.1 Å². The van der Waals surface area contributed by atoms with E-state index in [1.165, 1.54) is 73.1 Å². The zero-order chi connectivity index (χ0) is 62.2. The van der Waals surface area contributed by atoms with E-state index in [1.54, 1.807) is 84.6 Å². The fourth-order valence-electron chi connectivity index (χ4n) is 8.79. The maximum absolute atomic E-state index is 9.85. The first-order valence-electron chi connectivity index (χ1n) is 27.1. The molecule has 0 aliphatic carbocycles. The summed E-state index contributed by atoms with van der Waals surface area (Å²) in [5.74, 6) is 0. The number of hydrogen-bond donors (Lipinski definition) is 6. The van der Waals surface area contributed by atoms with Gasteiger partial charge in [0.2, 0.25) is 0 Å². The number of amidine groups is 4. The number of amides is 4. The molecule has 0 radical (unpaired) electrons. The van der Waals surface area contributed by atoms with Crippen LogP contribution >= 0.6 is 0 Å². The largest absolute Gasteiger partial charge is 2.00 e. The topological polar surface area (TPSA) is 219 Å². The van der Waals surface area contributed by atoms with Gasteiger partial charge in [0.15, 0.2) is 0 Å². The van der Waals surface area contributed by atoms with E-state index in [4.69, 9.17) is 42.6 Å². The van der Waals surface area contributed by atoms with Crippen molar-refractivity contribution in [2.45, 2.75) is 0 Å². The van der Waals surface area contributed by atoms with Gasteiger partial charge in [0.05, 0.1) is 0 Å². The quantitative estimate of drug-likeness (QED) is 0.0659. The number of ether oxygens (including phenoxy) is 2. The van der Waals surface area contributed by atoms with Crippen molar-refractivity contribution < 1.29 is 40.1 Å². The van der Waals surface area contributed by atoms with Crippen LogP contribution in [0.5, 0.6) is 0 Å². The molecule has 0 aliphatic rings. The number of nitrogens with two attached hydrogens (primary N) is 2. The molecule has 0 unspecified atom stereocenters. The smallest absolute Gasteiger partial charge is 0.392 e. The fraction of sp³-hybridized carbons (Fsp3) is 0.182. The van der Waals surface area contributed by atoms with Gasteiger partial charge in [0.25, 0.3) is 24.1 Å². The summed E-state index contributed by atoms with van der Waals surface area (Å²) >= 11 is 0. The summed E-state index contributed by atoms with van der Waals surface area (Å²) < 4.78 is 9.58. The predicted molar refractivity (Wildman–Crippen MR) is 354 cm³/mol. The minimum Gasteiger partial charge on any atom is -0.392 e. The van der Waals surface area contributed by atoms with Gasteiger partial charge >= 0.3 is 33.1 Å². The van der Waals surface area contributed by atoms with E-state index >= 15 is 0 Å². The standard InChI is InChI=1S/2C24H20B.2C6H14N4O.2C3H8N2O.Pt/c2*1-5-13-21(14-6-1)25(22-15-7-2-8-16-22,23-17-9-3-10-18-23)24-19-11-4-12-20-24;2*1-9(2)5(7)11-6(8)10(3)4;2*1-5(2)3(4)6;/h2*1-20H;2*7-8H,1-4H3;2*1-2H3,(H2,4,6);/q2*-1;;;;;+2. The Morgan fingerprint density at radius 3 is 0.459 bits per heavy atom. The van der Waals surface area contributed by atoms with E-state index < -0.39 is 24.4 Å². The first-order valence-corrected chi connectivity index (χ1v) is 27.1. The van der Waals surface area contributed by atoms with Gasteiger partial charge in [-0.1, -0.05) is 243 Å². The molecule has 0 spiro atoms. The summed E-state index contributed by atoms with van der Waals surface area (Å²) in [6.07, 6.45) is -2.43. The summed E-state index contributed by atoms with van der Waals surface area (Å²) in [4.78, 5) is 28.2. The Hall–Kier alpha value is -9.40. The molecule has 8 aromatic carbocycles. The van der Waals surface area contributed by atoms with Crippen LogP contribution in [0.25, 0.3) is 0 Å². The van der Waals surface area contributed by atoms with E-state index in [2.05, 4.69) is 243 Å². The van der Waals surface area contributed by atoms with Crippen LogP contribution in [-0.2, 0) is 30.5 Å². The van der Waals surface area contributed by atoms with Gasteiger partial charge in [-0.15, -0.1) is 0 Å². The third-order valence-corrected chi connectivity index (χ3v) is 13.3. The second kappa shape index (κ2) is 36.9. The van der Waals surface area contributed by atoms with Crippen molar-refractivity contribution in [3.05, 3.63) is 243 Å². The summed E-state index contributed by atoms with van der Waals surface area (Å²) in [6, 6.07) is 86.1. The Labute approximate surface area is 519 Å². The van der Waals surface area contributed by atoms with E-state index in [-0.39, 0.29) is 45.2 Å². The van der Waals surface area contributed by atoms with Crippen LogP contribution in [0.1, 0.15) is 0 Å². The minimum absolute atomic E-state index is 0. The molecule has 19 heteroatoms. The van der Waals surface area contributed by atoms with Gasteiger partial charge in [-0.05, 0) is 0 Å². The van der Waals surface area contributed by atoms with Gasteiger partial charge in [-0.3, -0.25) is 21.6 Å². The molecule has 0 heterocycles. The van der Waals surface area contributed by atoms with Gasteiger partial charge in [-0.25, -0.2) is 9.59 Å². The van der Waals surface area contributed by atoms with Gasteiger partial charge in [0.1, 0.15) is 12.3 Å². The number of primary amides is 2. The second-order valence-corrected chi connectivity index (χ2v) is 20.5. The molecule has 16 nitrogen and oxygen atoms in total. The summed E-state index contributed by atoms with van der Waals surface area (Å²) in [5.41, 5.74) is 20.2. The molecule has 8 aromatic rings. The number of nitrogens with zero attached hydrogens (tertiary/aromatic N) is 6. The van der Waals surface area contributed by atoms with Crippen LogP contribution < -0.4 is 55.2 Å². The molecular weight excluding hydrogens is 1240 g/mol. The van der Waals surface area contributed by atoms with Crippen molar-refractivity contribution in [3.8, 4) is 0 Å². The van der Waals surface area contributed by atoms with Crippen LogP contribution in [0.3, 0.4) is 0 Å². The monoisotopic (exact) mass is 1330 g/mol. The zero-order valence-electron chi connectivity index (χ0n) is 51.0. The van der Waals surface area contributed by atoms with Gasteiger partial charge < -0.3 is 50.3 Å². The van der Waals surface area contributed by atoms with E-state index in [0.717, 1.165) is 0 Å². The number of carbonyl (C=O) groups excluding carboxylic acids is 2. The zero-order valence-corrected chi connectivity index (χ0v) is 53.3. The Morgan fingerprint density at radius 1 is 0.271 bits per heavy atom. The number of carbonyl (C=O) groups is 2. The normalized spacial score (nSPS) is 9.93. The minimum atomic E-state index is -1.22. The molecule has 0 aliphatic heterocycles. The maximum atomic E-state index is 9.85. The average molecular weight is 1330 g/mol. The van der Waals surface area contributed by atoms with E-state index in [9.17, 15) is 9.59 Å². The van der Waals surface area contributed by atoms with E-state index in [0.29, 0.717) is 0 Å². The number of urea groups is 2. The number of benzene rings is 8. The predicted octanol–water partition coefficient (Wildman–Crippen LogP) is 5.37. The third-order valence-electron chi connectivity index (χ3n) is 13.3.